The molecule has 0 aliphatic carbocycles. The van der Waals surface area contributed by atoms with Crippen molar-refractivity contribution in [3.8, 4) is 0 Å². The summed E-state index contributed by atoms with van der Waals surface area (Å²) < 4.78 is 13.7. The molecule has 2 aliphatic heterocycles. The maximum atomic E-state index is 13.7. The lowest BCUT2D eigenvalue weighted by molar-refractivity contribution is -0.119. The molecule has 0 amide bonds. The number of fused-ring (bicyclic) bond motifs is 2. The second-order valence-electron chi connectivity index (χ2n) is 6.10. The summed E-state index contributed by atoms with van der Waals surface area (Å²) in [5.41, 5.74) is 0.344. The molecular formula is C16H19ClFNO. The SMILES string of the molecule is O=C(Cc1c(F)cccc1Cl)CC1CC2CCC(C1)N2. The Morgan fingerprint density at radius 2 is 2.00 bits per heavy atom. The van der Waals surface area contributed by atoms with E-state index < -0.39 is 0 Å². The van der Waals surface area contributed by atoms with Gasteiger partial charge in [-0.05, 0) is 43.7 Å². The zero-order valence-electron chi connectivity index (χ0n) is 11.4. The first-order valence-electron chi connectivity index (χ1n) is 7.32. The second kappa shape index (κ2) is 5.82. The number of halogens is 2. The number of piperidine rings is 1. The van der Waals surface area contributed by atoms with E-state index in [4.69, 9.17) is 11.6 Å². The average molecular weight is 296 g/mol. The molecule has 2 bridgehead atoms. The van der Waals surface area contributed by atoms with Crippen molar-refractivity contribution in [3.63, 3.8) is 0 Å². The van der Waals surface area contributed by atoms with Gasteiger partial charge in [-0.3, -0.25) is 4.79 Å². The number of hydrogen-bond donors (Lipinski definition) is 1. The highest BCUT2D eigenvalue weighted by Gasteiger charge is 2.34. The van der Waals surface area contributed by atoms with Crippen LogP contribution in [-0.2, 0) is 11.2 Å². The summed E-state index contributed by atoms with van der Waals surface area (Å²) in [6.45, 7) is 0. The average Bonchev–Trinajstić information content (AvgIpc) is 2.73. The van der Waals surface area contributed by atoms with E-state index in [2.05, 4.69) is 5.32 Å². The van der Waals surface area contributed by atoms with Crippen molar-refractivity contribution in [2.24, 2.45) is 5.92 Å². The molecule has 2 fully saturated rings. The van der Waals surface area contributed by atoms with Crippen LogP contribution in [0.3, 0.4) is 0 Å². The summed E-state index contributed by atoms with van der Waals surface area (Å²) in [6.07, 6.45) is 5.29. The second-order valence-corrected chi connectivity index (χ2v) is 6.50. The van der Waals surface area contributed by atoms with Gasteiger partial charge in [0.2, 0.25) is 0 Å². The van der Waals surface area contributed by atoms with Crippen molar-refractivity contribution < 1.29 is 9.18 Å². The van der Waals surface area contributed by atoms with Gasteiger partial charge in [-0.15, -0.1) is 0 Å². The third kappa shape index (κ3) is 3.04. The predicted octanol–water partition coefficient (Wildman–Crippen LogP) is 3.51. The lowest BCUT2D eigenvalue weighted by Crippen LogP contribution is -2.38. The first-order valence-corrected chi connectivity index (χ1v) is 7.70. The third-order valence-corrected chi connectivity index (χ3v) is 4.88. The van der Waals surface area contributed by atoms with Crippen LogP contribution in [0.5, 0.6) is 0 Å². The number of carbonyl (C=O) groups excluding carboxylic acids is 1. The van der Waals surface area contributed by atoms with Gasteiger partial charge in [-0.2, -0.15) is 0 Å². The molecule has 3 rings (SSSR count). The molecule has 0 saturated carbocycles. The van der Waals surface area contributed by atoms with E-state index in [1.54, 1.807) is 12.1 Å². The Kier molecular flexibility index (Phi) is 4.08. The first-order chi connectivity index (χ1) is 9.61. The lowest BCUT2D eigenvalue weighted by Gasteiger charge is -2.28. The Balaban J connectivity index is 1.60. The fraction of sp³-hybridized carbons (Fsp3) is 0.562. The molecule has 2 unspecified atom stereocenters. The Morgan fingerprint density at radius 3 is 2.65 bits per heavy atom. The van der Waals surface area contributed by atoms with Crippen LogP contribution in [0, 0.1) is 11.7 Å². The summed E-state index contributed by atoms with van der Waals surface area (Å²) in [7, 11) is 0. The van der Waals surface area contributed by atoms with Gasteiger partial charge in [0.25, 0.3) is 0 Å². The van der Waals surface area contributed by atoms with Crippen LogP contribution in [0.15, 0.2) is 18.2 Å². The van der Waals surface area contributed by atoms with Gasteiger partial charge in [0.05, 0.1) is 0 Å². The van der Waals surface area contributed by atoms with E-state index in [1.807, 2.05) is 0 Å². The molecule has 0 radical (unpaired) electrons. The van der Waals surface area contributed by atoms with Gasteiger partial charge < -0.3 is 5.32 Å². The topological polar surface area (TPSA) is 29.1 Å². The van der Waals surface area contributed by atoms with Gasteiger partial charge in [-0.25, -0.2) is 4.39 Å². The van der Waals surface area contributed by atoms with Crippen LogP contribution < -0.4 is 5.32 Å². The van der Waals surface area contributed by atoms with Crippen LogP contribution >= 0.6 is 11.6 Å². The highest BCUT2D eigenvalue weighted by atomic mass is 35.5. The fourth-order valence-electron chi connectivity index (χ4n) is 3.63. The number of carbonyl (C=O) groups is 1. The summed E-state index contributed by atoms with van der Waals surface area (Å²) in [6, 6.07) is 5.74. The van der Waals surface area contributed by atoms with Crippen molar-refractivity contribution in [3.05, 3.63) is 34.6 Å². The molecule has 1 aromatic carbocycles. The van der Waals surface area contributed by atoms with Crippen LogP contribution in [0.4, 0.5) is 4.39 Å². The molecule has 2 atom stereocenters. The van der Waals surface area contributed by atoms with Crippen molar-refractivity contribution in [1.29, 1.82) is 0 Å². The molecule has 2 heterocycles. The molecule has 1 aromatic rings. The van der Waals surface area contributed by atoms with Crippen molar-refractivity contribution in [2.45, 2.75) is 50.6 Å². The Bertz CT molecular complexity index is 487. The quantitative estimate of drug-likeness (QED) is 0.921. The standard InChI is InChI=1S/C16H19ClFNO/c17-15-2-1-3-16(18)14(15)9-13(20)8-10-6-11-4-5-12(7-10)19-11/h1-3,10-12,19H,4-9H2. The first kappa shape index (κ1) is 14.0. The highest BCUT2D eigenvalue weighted by molar-refractivity contribution is 6.31. The molecule has 1 N–H and O–H groups in total. The molecule has 4 heteroatoms. The molecule has 0 spiro atoms. The fourth-order valence-corrected chi connectivity index (χ4v) is 3.86. The minimum absolute atomic E-state index is 0.100. The van der Waals surface area contributed by atoms with E-state index in [0.29, 0.717) is 35.0 Å². The number of rotatable bonds is 4. The lowest BCUT2D eigenvalue weighted by atomic mass is 9.87. The van der Waals surface area contributed by atoms with Crippen molar-refractivity contribution >= 4 is 17.4 Å². The summed E-state index contributed by atoms with van der Waals surface area (Å²) in [5, 5.41) is 3.92. The largest absolute Gasteiger partial charge is 0.311 e. The van der Waals surface area contributed by atoms with Crippen molar-refractivity contribution in [1.82, 2.24) is 5.32 Å². The van der Waals surface area contributed by atoms with Crippen LogP contribution in [-0.4, -0.2) is 17.9 Å². The number of Topliss-reactive ketones (excluding diaryl/α,β-unsaturated/α-hetero) is 1. The normalized spacial score (nSPS) is 28.6. The van der Waals surface area contributed by atoms with E-state index >= 15 is 0 Å². The monoisotopic (exact) mass is 295 g/mol. The van der Waals surface area contributed by atoms with Gasteiger partial charge in [0.1, 0.15) is 11.6 Å². The molecule has 0 aromatic heterocycles. The maximum Gasteiger partial charge on any atom is 0.137 e. The number of hydrogen-bond acceptors (Lipinski definition) is 2. The van der Waals surface area contributed by atoms with Gasteiger partial charge in [0.15, 0.2) is 0 Å². The molecule has 2 saturated heterocycles. The Labute approximate surface area is 123 Å². The van der Waals surface area contributed by atoms with Crippen molar-refractivity contribution in [2.75, 3.05) is 0 Å². The van der Waals surface area contributed by atoms with Crippen LogP contribution in [0.1, 0.15) is 37.7 Å². The minimum atomic E-state index is -0.378. The van der Waals surface area contributed by atoms with Crippen LogP contribution in [0.25, 0.3) is 0 Å². The number of nitrogens with one attached hydrogen (secondary N) is 1. The van der Waals surface area contributed by atoms with E-state index in [1.165, 1.54) is 18.9 Å². The molecular weight excluding hydrogens is 277 g/mol. The van der Waals surface area contributed by atoms with Gasteiger partial charge in [0, 0.05) is 35.5 Å². The predicted molar refractivity (Wildman–Crippen MR) is 77.4 cm³/mol. The summed E-state index contributed by atoms with van der Waals surface area (Å²) in [4.78, 5) is 12.2. The number of ketones is 1. The van der Waals surface area contributed by atoms with E-state index in [9.17, 15) is 9.18 Å². The molecule has 2 nitrogen and oxygen atoms in total. The Morgan fingerprint density at radius 1 is 1.30 bits per heavy atom. The zero-order valence-corrected chi connectivity index (χ0v) is 12.1. The summed E-state index contributed by atoms with van der Waals surface area (Å²) in [5.74, 6) is 0.173. The van der Waals surface area contributed by atoms with Gasteiger partial charge in [-0.1, -0.05) is 17.7 Å². The summed E-state index contributed by atoms with van der Waals surface area (Å²) >= 11 is 5.97. The minimum Gasteiger partial charge on any atom is -0.311 e. The third-order valence-electron chi connectivity index (χ3n) is 4.52. The molecule has 2 aliphatic rings. The molecule has 20 heavy (non-hydrogen) atoms. The Hall–Kier alpha value is -0.930. The molecule has 108 valence electrons. The van der Waals surface area contributed by atoms with E-state index in [-0.39, 0.29) is 18.0 Å². The highest BCUT2D eigenvalue weighted by Crippen LogP contribution is 2.33. The number of benzene rings is 1. The maximum absolute atomic E-state index is 13.7. The smallest absolute Gasteiger partial charge is 0.137 e. The van der Waals surface area contributed by atoms with E-state index in [0.717, 1.165) is 12.8 Å². The zero-order chi connectivity index (χ0) is 14.1. The van der Waals surface area contributed by atoms with Crippen LogP contribution in [0.2, 0.25) is 5.02 Å². The van der Waals surface area contributed by atoms with Gasteiger partial charge >= 0.3 is 0 Å².